The average Bonchev–Trinajstić information content (AvgIpc) is 2.42. The van der Waals surface area contributed by atoms with E-state index in [-0.39, 0.29) is 6.03 Å². The van der Waals surface area contributed by atoms with E-state index in [9.17, 15) is 4.79 Å². The maximum atomic E-state index is 12.0. The molecule has 1 heterocycles. The van der Waals surface area contributed by atoms with E-state index in [2.05, 4.69) is 29.0 Å². The Hall–Kier alpha value is -1.62. The standard InChI is InChI=1S/C16H28N4O/c1-6-20(7-2)9-8-17-16(21)19(5)12-15-11-13(3)10-14(4)18-15/h10-11H,6-9,12H2,1-5H3,(H,17,21). The van der Waals surface area contributed by atoms with Crippen LogP contribution in [0, 0.1) is 13.8 Å². The van der Waals surface area contributed by atoms with Crippen LogP contribution < -0.4 is 5.32 Å². The van der Waals surface area contributed by atoms with Crippen LogP contribution in [0.4, 0.5) is 4.79 Å². The van der Waals surface area contributed by atoms with E-state index in [4.69, 9.17) is 0 Å². The molecule has 1 rings (SSSR count). The second-order valence-corrected chi connectivity index (χ2v) is 5.39. The predicted octanol–water partition coefficient (Wildman–Crippen LogP) is 2.18. The molecule has 118 valence electrons. The minimum atomic E-state index is -0.0527. The number of carbonyl (C=O) groups excluding carboxylic acids is 1. The Morgan fingerprint density at radius 1 is 1.24 bits per heavy atom. The number of rotatable bonds is 7. The Morgan fingerprint density at radius 2 is 1.90 bits per heavy atom. The van der Waals surface area contributed by atoms with Crippen LogP contribution in [0.25, 0.3) is 0 Å². The first-order valence-corrected chi connectivity index (χ1v) is 7.61. The molecule has 0 saturated heterocycles. The first-order valence-electron chi connectivity index (χ1n) is 7.61. The summed E-state index contributed by atoms with van der Waals surface area (Å²) < 4.78 is 0. The lowest BCUT2D eigenvalue weighted by Crippen LogP contribution is -2.41. The number of urea groups is 1. The average molecular weight is 292 g/mol. The molecule has 2 amide bonds. The molecule has 5 nitrogen and oxygen atoms in total. The van der Waals surface area contributed by atoms with Crippen LogP contribution in [0.2, 0.25) is 0 Å². The number of amides is 2. The Kier molecular flexibility index (Phi) is 7.15. The molecule has 0 saturated carbocycles. The zero-order valence-corrected chi connectivity index (χ0v) is 13.9. The molecular weight excluding hydrogens is 264 g/mol. The number of aromatic nitrogens is 1. The molecule has 5 heteroatoms. The van der Waals surface area contributed by atoms with Crippen LogP contribution in [0.1, 0.15) is 30.8 Å². The third-order valence-electron chi connectivity index (χ3n) is 3.50. The summed E-state index contributed by atoms with van der Waals surface area (Å²) in [6, 6.07) is 4.00. The highest BCUT2D eigenvalue weighted by Gasteiger charge is 2.10. The zero-order valence-electron chi connectivity index (χ0n) is 13.9. The second-order valence-electron chi connectivity index (χ2n) is 5.39. The van der Waals surface area contributed by atoms with E-state index in [1.54, 1.807) is 11.9 Å². The molecule has 0 aliphatic carbocycles. The third kappa shape index (κ3) is 6.12. The van der Waals surface area contributed by atoms with Crippen molar-refractivity contribution < 1.29 is 4.79 Å². The molecular formula is C16H28N4O. The first-order chi connectivity index (χ1) is 9.96. The number of nitrogens with one attached hydrogen (secondary N) is 1. The molecule has 0 unspecified atom stereocenters. The van der Waals surface area contributed by atoms with Gasteiger partial charge < -0.3 is 15.1 Å². The van der Waals surface area contributed by atoms with Gasteiger partial charge in [0, 0.05) is 25.8 Å². The number of nitrogens with zero attached hydrogens (tertiary/aromatic N) is 3. The molecule has 0 aromatic carbocycles. The number of hydrogen-bond donors (Lipinski definition) is 1. The number of hydrogen-bond acceptors (Lipinski definition) is 3. The van der Waals surface area contributed by atoms with Crippen LogP contribution in [-0.2, 0) is 6.54 Å². The van der Waals surface area contributed by atoms with E-state index in [1.807, 2.05) is 26.0 Å². The van der Waals surface area contributed by atoms with Gasteiger partial charge in [-0.1, -0.05) is 13.8 Å². The molecule has 1 aromatic rings. The fourth-order valence-electron chi connectivity index (χ4n) is 2.32. The summed E-state index contributed by atoms with van der Waals surface area (Å²) in [5.74, 6) is 0. The molecule has 0 spiro atoms. The Morgan fingerprint density at radius 3 is 2.48 bits per heavy atom. The van der Waals surface area contributed by atoms with Crippen molar-refractivity contribution in [3.63, 3.8) is 0 Å². The Balaban J connectivity index is 2.43. The summed E-state index contributed by atoms with van der Waals surface area (Å²) in [6.07, 6.45) is 0. The molecule has 1 aromatic heterocycles. The fourth-order valence-corrected chi connectivity index (χ4v) is 2.32. The monoisotopic (exact) mass is 292 g/mol. The smallest absolute Gasteiger partial charge is 0.317 e. The van der Waals surface area contributed by atoms with Gasteiger partial charge in [-0.15, -0.1) is 0 Å². The van der Waals surface area contributed by atoms with Crippen molar-refractivity contribution in [1.82, 2.24) is 20.1 Å². The molecule has 0 fully saturated rings. The van der Waals surface area contributed by atoms with Crippen molar-refractivity contribution in [3.8, 4) is 0 Å². The SMILES string of the molecule is CCN(CC)CCNC(=O)N(C)Cc1cc(C)cc(C)n1. The van der Waals surface area contributed by atoms with Gasteiger partial charge in [0.15, 0.2) is 0 Å². The van der Waals surface area contributed by atoms with Crippen molar-refractivity contribution in [3.05, 3.63) is 29.1 Å². The van der Waals surface area contributed by atoms with Gasteiger partial charge in [-0.05, 0) is 44.6 Å². The minimum Gasteiger partial charge on any atom is -0.337 e. The Labute approximate surface area is 128 Å². The molecule has 0 aliphatic rings. The van der Waals surface area contributed by atoms with E-state index in [1.165, 1.54) is 5.56 Å². The summed E-state index contributed by atoms with van der Waals surface area (Å²) in [5.41, 5.74) is 3.09. The molecule has 0 radical (unpaired) electrons. The quantitative estimate of drug-likeness (QED) is 0.838. The van der Waals surface area contributed by atoms with E-state index in [0.717, 1.165) is 31.0 Å². The highest BCUT2D eigenvalue weighted by molar-refractivity contribution is 5.73. The van der Waals surface area contributed by atoms with Crippen LogP contribution >= 0.6 is 0 Å². The predicted molar refractivity (Wildman–Crippen MR) is 86.4 cm³/mol. The van der Waals surface area contributed by atoms with Gasteiger partial charge in [0.1, 0.15) is 0 Å². The third-order valence-corrected chi connectivity index (χ3v) is 3.50. The molecule has 1 N–H and O–H groups in total. The normalized spacial score (nSPS) is 10.8. The summed E-state index contributed by atoms with van der Waals surface area (Å²) in [4.78, 5) is 20.5. The summed E-state index contributed by atoms with van der Waals surface area (Å²) in [5, 5.41) is 2.95. The van der Waals surface area contributed by atoms with Crippen molar-refractivity contribution in [2.45, 2.75) is 34.2 Å². The highest BCUT2D eigenvalue weighted by Crippen LogP contribution is 2.06. The van der Waals surface area contributed by atoms with Crippen LogP contribution in [0.15, 0.2) is 12.1 Å². The van der Waals surface area contributed by atoms with E-state index < -0.39 is 0 Å². The fraction of sp³-hybridized carbons (Fsp3) is 0.625. The first kappa shape index (κ1) is 17.4. The number of likely N-dealkylation sites (N-methyl/N-ethyl adjacent to an activating group) is 1. The van der Waals surface area contributed by atoms with Gasteiger partial charge in [0.25, 0.3) is 0 Å². The maximum Gasteiger partial charge on any atom is 0.317 e. The van der Waals surface area contributed by atoms with Crippen molar-refractivity contribution in [1.29, 1.82) is 0 Å². The molecule has 0 atom stereocenters. The number of aryl methyl sites for hydroxylation is 2. The van der Waals surface area contributed by atoms with Gasteiger partial charge in [-0.3, -0.25) is 4.98 Å². The number of carbonyl (C=O) groups is 1. The number of pyridine rings is 1. The molecule has 0 aliphatic heterocycles. The van der Waals surface area contributed by atoms with Crippen molar-refractivity contribution in [2.24, 2.45) is 0 Å². The van der Waals surface area contributed by atoms with Gasteiger partial charge in [0.05, 0.1) is 12.2 Å². The lowest BCUT2D eigenvalue weighted by Gasteiger charge is -2.21. The van der Waals surface area contributed by atoms with Crippen LogP contribution in [0.3, 0.4) is 0 Å². The van der Waals surface area contributed by atoms with Gasteiger partial charge in [-0.25, -0.2) is 4.79 Å². The van der Waals surface area contributed by atoms with Crippen LogP contribution in [-0.4, -0.2) is 54.0 Å². The second kappa shape index (κ2) is 8.62. The largest absolute Gasteiger partial charge is 0.337 e. The van der Waals surface area contributed by atoms with Crippen LogP contribution in [0.5, 0.6) is 0 Å². The molecule has 0 bridgehead atoms. The lowest BCUT2D eigenvalue weighted by atomic mass is 10.2. The summed E-state index contributed by atoms with van der Waals surface area (Å²) in [7, 11) is 1.80. The van der Waals surface area contributed by atoms with E-state index in [0.29, 0.717) is 13.1 Å². The molecule has 21 heavy (non-hydrogen) atoms. The van der Waals surface area contributed by atoms with Crippen molar-refractivity contribution in [2.75, 3.05) is 33.2 Å². The lowest BCUT2D eigenvalue weighted by molar-refractivity contribution is 0.203. The van der Waals surface area contributed by atoms with Gasteiger partial charge >= 0.3 is 6.03 Å². The summed E-state index contributed by atoms with van der Waals surface area (Å²) in [6.45, 7) is 12.4. The minimum absolute atomic E-state index is 0.0527. The van der Waals surface area contributed by atoms with Crippen molar-refractivity contribution >= 4 is 6.03 Å². The zero-order chi connectivity index (χ0) is 15.8. The maximum absolute atomic E-state index is 12.0. The highest BCUT2D eigenvalue weighted by atomic mass is 16.2. The van der Waals surface area contributed by atoms with E-state index >= 15 is 0 Å². The van der Waals surface area contributed by atoms with Gasteiger partial charge in [0.2, 0.25) is 0 Å². The Bertz CT molecular complexity index is 437. The van der Waals surface area contributed by atoms with Gasteiger partial charge in [-0.2, -0.15) is 0 Å². The topological polar surface area (TPSA) is 48.5 Å². The summed E-state index contributed by atoms with van der Waals surface area (Å²) >= 11 is 0.